The van der Waals surface area contributed by atoms with Crippen LogP contribution in [-0.2, 0) is 20.0 Å². The molecule has 0 aliphatic rings. The average Bonchev–Trinajstić information content (AvgIpc) is 2.88. The summed E-state index contributed by atoms with van der Waals surface area (Å²) in [6.07, 6.45) is 5.04. The number of hydrogen-bond donors (Lipinski definition) is 0. The number of aldehydes is 1. The van der Waals surface area contributed by atoms with Gasteiger partial charge in [-0.15, -0.1) is 0 Å². The van der Waals surface area contributed by atoms with Gasteiger partial charge in [0.15, 0.2) is 12.1 Å². The van der Waals surface area contributed by atoms with E-state index in [1.54, 1.807) is 17.0 Å². The third-order valence-corrected chi connectivity index (χ3v) is 3.59. The lowest BCUT2D eigenvalue weighted by atomic mass is 10.3. The van der Waals surface area contributed by atoms with E-state index >= 15 is 0 Å². The van der Waals surface area contributed by atoms with Crippen molar-refractivity contribution in [1.29, 1.82) is 0 Å². The highest BCUT2D eigenvalue weighted by Crippen LogP contribution is 2.22. The molecule has 2 aromatic heterocycles. The third-order valence-electron chi connectivity index (χ3n) is 2.68. The predicted octanol–water partition coefficient (Wildman–Crippen LogP) is 1.80. The Morgan fingerprint density at radius 1 is 1.53 bits per heavy atom. The topological polar surface area (TPSA) is 52.7 Å². The van der Waals surface area contributed by atoms with Crippen LogP contribution in [0.3, 0.4) is 0 Å². The van der Waals surface area contributed by atoms with Crippen molar-refractivity contribution in [2.75, 3.05) is 0 Å². The lowest BCUT2D eigenvalue weighted by molar-refractivity contribution is 0.111. The van der Waals surface area contributed by atoms with Gasteiger partial charge in [-0.05, 0) is 22.4 Å². The molecule has 6 heteroatoms. The first-order valence-corrected chi connectivity index (χ1v) is 6.13. The number of carbonyl (C=O) groups is 1. The van der Waals surface area contributed by atoms with Crippen LogP contribution in [0, 0.1) is 0 Å². The zero-order chi connectivity index (χ0) is 12.4. The van der Waals surface area contributed by atoms with Crippen molar-refractivity contribution in [3.63, 3.8) is 0 Å². The van der Waals surface area contributed by atoms with Crippen LogP contribution in [0.1, 0.15) is 28.9 Å². The molecule has 0 amide bonds. The normalized spacial score (nSPS) is 10.8. The van der Waals surface area contributed by atoms with Crippen LogP contribution >= 0.6 is 15.9 Å². The fourth-order valence-electron chi connectivity index (χ4n) is 1.73. The van der Waals surface area contributed by atoms with Gasteiger partial charge in [-0.1, -0.05) is 6.92 Å². The number of rotatable bonds is 4. The van der Waals surface area contributed by atoms with Crippen molar-refractivity contribution in [1.82, 2.24) is 19.3 Å². The van der Waals surface area contributed by atoms with Crippen molar-refractivity contribution >= 4 is 22.2 Å². The minimum absolute atomic E-state index is 0.427. The minimum atomic E-state index is 0.427. The van der Waals surface area contributed by atoms with Crippen LogP contribution in [0.15, 0.2) is 16.9 Å². The lowest BCUT2D eigenvalue weighted by Crippen LogP contribution is -2.08. The molecule has 0 aliphatic carbocycles. The Morgan fingerprint density at radius 3 is 2.88 bits per heavy atom. The highest BCUT2D eigenvalue weighted by molar-refractivity contribution is 9.10. The highest BCUT2D eigenvalue weighted by Gasteiger charge is 2.13. The third kappa shape index (κ3) is 2.17. The van der Waals surface area contributed by atoms with Crippen LogP contribution in [0.25, 0.3) is 0 Å². The molecular weight excluding hydrogens is 284 g/mol. The average molecular weight is 297 g/mol. The number of hydrogen-bond acceptors (Lipinski definition) is 3. The van der Waals surface area contributed by atoms with E-state index in [1.807, 2.05) is 11.7 Å². The summed E-state index contributed by atoms with van der Waals surface area (Å²) in [5.74, 6) is 0.427. The first kappa shape index (κ1) is 12.0. The van der Waals surface area contributed by atoms with Gasteiger partial charge < -0.3 is 4.57 Å². The molecule has 0 unspecified atom stereocenters. The molecule has 0 radical (unpaired) electrons. The van der Waals surface area contributed by atoms with Crippen LogP contribution in [0.5, 0.6) is 0 Å². The number of halogens is 1. The van der Waals surface area contributed by atoms with Gasteiger partial charge in [0.05, 0.1) is 22.4 Å². The van der Waals surface area contributed by atoms with E-state index in [9.17, 15) is 4.79 Å². The molecule has 2 aromatic rings. The standard InChI is InChI=1S/C11H13BrN4O/c1-3-8-11(12)9(15(2)14-8)6-16-5-4-13-10(16)7-17/h4-5,7H,3,6H2,1-2H3. The van der Waals surface area contributed by atoms with Gasteiger partial charge in [-0.25, -0.2) is 4.98 Å². The molecular formula is C11H13BrN4O. The lowest BCUT2D eigenvalue weighted by Gasteiger charge is -2.05. The number of carbonyl (C=O) groups excluding carboxylic acids is 1. The maximum absolute atomic E-state index is 10.8. The van der Waals surface area contributed by atoms with Crippen LogP contribution < -0.4 is 0 Å². The maximum Gasteiger partial charge on any atom is 0.185 e. The number of aryl methyl sites for hydroxylation is 2. The van der Waals surface area contributed by atoms with Gasteiger partial charge in [-0.3, -0.25) is 9.48 Å². The molecule has 0 N–H and O–H groups in total. The first-order valence-electron chi connectivity index (χ1n) is 5.34. The molecule has 0 aliphatic heterocycles. The summed E-state index contributed by atoms with van der Waals surface area (Å²) in [5.41, 5.74) is 2.05. The molecule has 0 saturated heterocycles. The van der Waals surface area contributed by atoms with E-state index in [-0.39, 0.29) is 0 Å². The van der Waals surface area contributed by atoms with Crippen molar-refractivity contribution in [2.24, 2.45) is 7.05 Å². The van der Waals surface area contributed by atoms with Crippen molar-refractivity contribution in [3.05, 3.63) is 34.1 Å². The van der Waals surface area contributed by atoms with E-state index in [4.69, 9.17) is 0 Å². The predicted molar refractivity (Wildman–Crippen MR) is 67.0 cm³/mol. The van der Waals surface area contributed by atoms with Gasteiger partial charge in [0.2, 0.25) is 0 Å². The van der Waals surface area contributed by atoms with Crippen LogP contribution in [0.2, 0.25) is 0 Å². The van der Waals surface area contributed by atoms with Gasteiger partial charge in [0, 0.05) is 19.4 Å². The largest absolute Gasteiger partial charge is 0.323 e. The quantitative estimate of drug-likeness (QED) is 0.809. The second kappa shape index (κ2) is 4.83. The molecule has 0 fully saturated rings. The Bertz CT molecular complexity index is 544. The molecule has 0 aromatic carbocycles. The first-order chi connectivity index (χ1) is 8.17. The number of imidazole rings is 1. The van der Waals surface area contributed by atoms with Crippen LogP contribution in [-0.4, -0.2) is 25.6 Å². The second-order valence-corrected chi connectivity index (χ2v) is 4.51. The molecule has 5 nitrogen and oxygen atoms in total. The summed E-state index contributed by atoms with van der Waals surface area (Å²) >= 11 is 3.55. The fourth-order valence-corrected chi connectivity index (χ4v) is 2.47. The second-order valence-electron chi connectivity index (χ2n) is 3.72. The SMILES string of the molecule is CCc1nn(C)c(Cn2ccnc2C=O)c1Br. The Balaban J connectivity index is 2.36. The van der Waals surface area contributed by atoms with Crippen molar-refractivity contribution in [2.45, 2.75) is 19.9 Å². The summed E-state index contributed by atoms with van der Waals surface area (Å²) in [5, 5.41) is 4.41. The summed E-state index contributed by atoms with van der Waals surface area (Å²) in [4.78, 5) is 14.8. The molecule has 0 saturated carbocycles. The Morgan fingerprint density at radius 2 is 2.29 bits per heavy atom. The van der Waals surface area contributed by atoms with Crippen molar-refractivity contribution < 1.29 is 4.79 Å². The number of nitrogens with zero attached hydrogens (tertiary/aromatic N) is 4. The summed E-state index contributed by atoms with van der Waals surface area (Å²) in [7, 11) is 1.90. The maximum atomic E-state index is 10.8. The van der Waals surface area contributed by atoms with Gasteiger partial charge in [0.1, 0.15) is 0 Å². The van der Waals surface area contributed by atoms with Gasteiger partial charge >= 0.3 is 0 Å². The Labute approximate surface area is 108 Å². The van der Waals surface area contributed by atoms with E-state index in [1.165, 1.54) is 0 Å². The smallest absolute Gasteiger partial charge is 0.185 e. The van der Waals surface area contributed by atoms with Crippen molar-refractivity contribution in [3.8, 4) is 0 Å². The number of aromatic nitrogens is 4. The molecule has 0 spiro atoms. The molecule has 17 heavy (non-hydrogen) atoms. The summed E-state index contributed by atoms with van der Waals surface area (Å²) < 4.78 is 4.64. The summed E-state index contributed by atoms with van der Waals surface area (Å²) in [6, 6.07) is 0. The molecule has 90 valence electrons. The van der Waals surface area contributed by atoms with Gasteiger partial charge in [-0.2, -0.15) is 5.10 Å². The van der Waals surface area contributed by atoms with E-state index < -0.39 is 0 Å². The van der Waals surface area contributed by atoms with E-state index in [0.717, 1.165) is 28.6 Å². The van der Waals surface area contributed by atoms with E-state index in [0.29, 0.717) is 12.4 Å². The molecule has 2 heterocycles. The fraction of sp³-hybridized carbons (Fsp3) is 0.364. The molecule has 0 atom stereocenters. The Kier molecular flexibility index (Phi) is 3.42. The highest BCUT2D eigenvalue weighted by atomic mass is 79.9. The summed E-state index contributed by atoms with van der Waals surface area (Å²) in [6.45, 7) is 2.64. The molecule has 0 bridgehead atoms. The Hall–Kier alpha value is -1.43. The molecule has 2 rings (SSSR count). The van der Waals surface area contributed by atoms with Gasteiger partial charge in [0.25, 0.3) is 0 Å². The zero-order valence-corrected chi connectivity index (χ0v) is 11.3. The minimum Gasteiger partial charge on any atom is -0.323 e. The monoisotopic (exact) mass is 296 g/mol. The van der Waals surface area contributed by atoms with Crippen LogP contribution in [0.4, 0.5) is 0 Å². The van der Waals surface area contributed by atoms with E-state index in [2.05, 4.69) is 32.9 Å². The zero-order valence-electron chi connectivity index (χ0n) is 9.72.